The molecular weight excluding hydrogens is 749 g/mol. The van der Waals surface area contributed by atoms with Gasteiger partial charge in [0.1, 0.15) is 0 Å². The summed E-state index contributed by atoms with van der Waals surface area (Å²) >= 11 is 0. The standard InChI is InChI=1S/C60H42N2/c1-5-20-43(21-6-1)45-36-39-49(40-37-45)61(59-42-48(44-22-7-2-8-23-44)38-41-51(59)47-26-11-4-12-27-47)57-34-19-35-58-60(57)54-31-16-18-33-56(54)62(58)55-32-17-15-30-53(55)52-29-14-13-28-50(52)46-24-9-3-10-25-46/h1-42H. The van der Waals surface area contributed by atoms with Crippen molar-refractivity contribution >= 4 is 38.9 Å². The molecule has 0 saturated carbocycles. The molecular formula is C60H42N2. The number of benzene rings is 10. The number of anilines is 3. The van der Waals surface area contributed by atoms with Crippen molar-refractivity contribution in [2.45, 2.75) is 0 Å². The van der Waals surface area contributed by atoms with E-state index in [0.717, 1.165) is 50.5 Å². The summed E-state index contributed by atoms with van der Waals surface area (Å²) in [6, 6.07) is 92.2. The summed E-state index contributed by atoms with van der Waals surface area (Å²) in [5, 5.41) is 2.38. The molecule has 0 fully saturated rings. The van der Waals surface area contributed by atoms with Crippen LogP contribution in [0.5, 0.6) is 0 Å². The Morgan fingerprint density at radius 3 is 1.44 bits per heavy atom. The van der Waals surface area contributed by atoms with Gasteiger partial charge in [-0.25, -0.2) is 0 Å². The van der Waals surface area contributed by atoms with Gasteiger partial charge in [-0.3, -0.25) is 0 Å². The molecule has 0 atom stereocenters. The van der Waals surface area contributed by atoms with Crippen LogP contribution in [0.2, 0.25) is 0 Å². The predicted molar refractivity (Wildman–Crippen MR) is 263 cm³/mol. The van der Waals surface area contributed by atoms with Crippen LogP contribution in [0.25, 0.3) is 83.1 Å². The van der Waals surface area contributed by atoms with Crippen molar-refractivity contribution in [2.24, 2.45) is 0 Å². The quantitative estimate of drug-likeness (QED) is 0.141. The van der Waals surface area contributed by atoms with Crippen molar-refractivity contribution in [3.05, 3.63) is 255 Å². The van der Waals surface area contributed by atoms with E-state index < -0.39 is 0 Å². The van der Waals surface area contributed by atoms with Crippen LogP contribution in [0.3, 0.4) is 0 Å². The van der Waals surface area contributed by atoms with E-state index in [0.29, 0.717) is 0 Å². The number of rotatable bonds is 9. The van der Waals surface area contributed by atoms with E-state index in [-0.39, 0.29) is 0 Å². The number of hydrogen-bond acceptors (Lipinski definition) is 1. The average Bonchev–Trinajstić information content (AvgIpc) is 3.70. The molecule has 2 nitrogen and oxygen atoms in total. The van der Waals surface area contributed by atoms with Crippen molar-refractivity contribution < 1.29 is 0 Å². The summed E-state index contributed by atoms with van der Waals surface area (Å²) < 4.78 is 2.47. The van der Waals surface area contributed by atoms with Gasteiger partial charge in [-0.15, -0.1) is 0 Å². The highest BCUT2D eigenvalue weighted by molar-refractivity contribution is 6.17. The van der Waals surface area contributed by atoms with Crippen LogP contribution in [0, 0.1) is 0 Å². The smallest absolute Gasteiger partial charge is 0.0562 e. The monoisotopic (exact) mass is 790 g/mol. The van der Waals surface area contributed by atoms with E-state index in [9.17, 15) is 0 Å². The maximum atomic E-state index is 2.49. The summed E-state index contributed by atoms with van der Waals surface area (Å²) in [4.78, 5) is 2.49. The summed E-state index contributed by atoms with van der Waals surface area (Å²) in [5.74, 6) is 0. The van der Waals surface area contributed by atoms with Crippen LogP contribution in [0.1, 0.15) is 0 Å². The lowest BCUT2D eigenvalue weighted by Crippen LogP contribution is -2.12. The highest BCUT2D eigenvalue weighted by Gasteiger charge is 2.25. The number of aromatic nitrogens is 1. The number of hydrogen-bond donors (Lipinski definition) is 0. The second kappa shape index (κ2) is 16.1. The van der Waals surface area contributed by atoms with Gasteiger partial charge in [0.05, 0.1) is 28.1 Å². The lowest BCUT2D eigenvalue weighted by Gasteiger charge is -2.29. The van der Waals surface area contributed by atoms with E-state index >= 15 is 0 Å². The Bertz CT molecular complexity index is 3310. The molecule has 2 heteroatoms. The van der Waals surface area contributed by atoms with Crippen molar-refractivity contribution in [2.75, 3.05) is 4.90 Å². The topological polar surface area (TPSA) is 8.17 Å². The normalized spacial score (nSPS) is 11.2. The zero-order valence-corrected chi connectivity index (χ0v) is 34.1. The zero-order chi connectivity index (χ0) is 41.2. The molecule has 0 spiro atoms. The molecule has 0 aliphatic rings. The third kappa shape index (κ3) is 6.65. The first-order valence-electron chi connectivity index (χ1n) is 21.3. The molecule has 10 aromatic carbocycles. The van der Waals surface area contributed by atoms with Crippen LogP contribution in [-0.2, 0) is 0 Å². The van der Waals surface area contributed by atoms with Gasteiger partial charge in [-0.2, -0.15) is 0 Å². The van der Waals surface area contributed by atoms with Gasteiger partial charge in [-0.05, 0) is 87.0 Å². The first-order valence-corrected chi connectivity index (χ1v) is 21.3. The molecule has 0 saturated heterocycles. The Kier molecular flexibility index (Phi) is 9.57. The number of para-hydroxylation sites is 2. The summed E-state index contributed by atoms with van der Waals surface area (Å²) in [5.41, 5.74) is 18.5. The largest absolute Gasteiger partial charge is 0.309 e. The van der Waals surface area contributed by atoms with Gasteiger partial charge in [0.15, 0.2) is 0 Å². The van der Waals surface area contributed by atoms with E-state index in [2.05, 4.69) is 264 Å². The average molecular weight is 791 g/mol. The highest BCUT2D eigenvalue weighted by atomic mass is 15.2. The molecule has 1 heterocycles. The zero-order valence-electron chi connectivity index (χ0n) is 34.1. The number of nitrogens with zero attached hydrogens (tertiary/aromatic N) is 2. The van der Waals surface area contributed by atoms with Gasteiger partial charge in [0.2, 0.25) is 0 Å². The SMILES string of the molecule is c1ccc(-c2ccc(N(c3cc(-c4ccccc4)ccc3-c3ccccc3)c3cccc4c3c3ccccc3n4-c3ccccc3-c3ccccc3-c3ccccc3)cc2)cc1. The van der Waals surface area contributed by atoms with Gasteiger partial charge < -0.3 is 9.47 Å². The Balaban J connectivity index is 1.19. The second-order valence-electron chi connectivity index (χ2n) is 15.7. The molecule has 0 bridgehead atoms. The van der Waals surface area contributed by atoms with E-state index in [1.54, 1.807) is 0 Å². The minimum Gasteiger partial charge on any atom is -0.309 e. The second-order valence-corrected chi connectivity index (χ2v) is 15.7. The Hall–Kier alpha value is -8.20. The predicted octanol–water partition coefficient (Wildman–Crippen LogP) is 16.6. The van der Waals surface area contributed by atoms with Gasteiger partial charge in [0.25, 0.3) is 0 Å². The number of fused-ring (bicyclic) bond motifs is 3. The van der Waals surface area contributed by atoms with Crippen molar-refractivity contribution in [1.82, 2.24) is 4.57 Å². The van der Waals surface area contributed by atoms with Crippen molar-refractivity contribution in [1.29, 1.82) is 0 Å². The van der Waals surface area contributed by atoms with Crippen LogP contribution < -0.4 is 4.90 Å². The molecule has 62 heavy (non-hydrogen) atoms. The Morgan fingerprint density at radius 1 is 0.274 bits per heavy atom. The minimum atomic E-state index is 1.08. The lowest BCUT2D eigenvalue weighted by molar-refractivity contribution is 1.18. The van der Waals surface area contributed by atoms with Crippen LogP contribution >= 0.6 is 0 Å². The van der Waals surface area contributed by atoms with E-state index in [1.165, 1.54) is 49.7 Å². The van der Waals surface area contributed by atoms with E-state index in [1.807, 2.05) is 0 Å². The third-order valence-corrected chi connectivity index (χ3v) is 12.0. The molecule has 0 aliphatic heterocycles. The maximum Gasteiger partial charge on any atom is 0.0562 e. The Morgan fingerprint density at radius 2 is 0.758 bits per heavy atom. The first kappa shape index (κ1) is 36.8. The molecule has 0 N–H and O–H groups in total. The molecule has 11 aromatic rings. The molecule has 292 valence electrons. The fourth-order valence-electron chi connectivity index (χ4n) is 9.16. The van der Waals surface area contributed by atoms with Crippen LogP contribution in [0.4, 0.5) is 17.1 Å². The summed E-state index contributed by atoms with van der Waals surface area (Å²) in [7, 11) is 0. The van der Waals surface area contributed by atoms with Gasteiger partial charge >= 0.3 is 0 Å². The Labute approximate surface area is 362 Å². The molecule has 11 rings (SSSR count). The summed E-state index contributed by atoms with van der Waals surface area (Å²) in [6.07, 6.45) is 0. The van der Waals surface area contributed by atoms with Crippen molar-refractivity contribution in [3.8, 4) is 61.3 Å². The molecule has 0 aliphatic carbocycles. The maximum absolute atomic E-state index is 2.49. The first-order chi connectivity index (χ1) is 30.8. The van der Waals surface area contributed by atoms with Crippen LogP contribution in [-0.4, -0.2) is 4.57 Å². The molecule has 0 radical (unpaired) electrons. The molecule has 1 aromatic heterocycles. The minimum absolute atomic E-state index is 1.08. The third-order valence-electron chi connectivity index (χ3n) is 12.0. The molecule has 0 unspecified atom stereocenters. The van der Waals surface area contributed by atoms with Gasteiger partial charge in [0, 0.05) is 27.6 Å². The highest BCUT2D eigenvalue weighted by Crippen LogP contribution is 2.48. The fourth-order valence-corrected chi connectivity index (χ4v) is 9.16. The van der Waals surface area contributed by atoms with E-state index in [4.69, 9.17) is 0 Å². The fraction of sp³-hybridized carbons (Fsp3) is 0. The lowest BCUT2D eigenvalue weighted by atomic mass is 9.93. The van der Waals surface area contributed by atoms with Gasteiger partial charge in [-0.1, -0.05) is 212 Å². The van der Waals surface area contributed by atoms with Crippen molar-refractivity contribution in [3.63, 3.8) is 0 Å². The molecule has 0 amide bonds. The summed E-state index contributed by atoms with van der Waals surface area (Å²) in [6.45, 7) is 0. The van der Waals surface area contributed by atoms with Crippen LogP contribution in [0.15, 0.2) is 255 Å².